The molecule has 0 saturated carbocycles. The van der Waals surface area contributed by atoms with Crippen LogP contribution >= 0.6 is 0 Å². The lowest BCUT2D eigenvalue weighted by atomic mass is 10.1. The monoisotopic (exact) mass is 454 g/mol. The molecule has 0 bridgehead atoms. The van der Waals surface area contributed by atoms with Gasteiger partial charge < -0.3 is 4.90 Å². The molecular formula is C23H21F3N6O. The van der Waals surface area contributed by atoms with E-state index in [0.717, 1.165) is 27.7 Å². The zero-order valence-electron chi connectivity index (χ0n) is 17.8. The maximum atomic E-state index is 13.3. The fourth-order valence-electron chi connectivity index (χ4n) is 3.44. The number of para-hydroxylation sites is 1. The molecule has 1 amide bonds. The summed E-state index contributed by atoms with van der Waals surface area (Å²) in [6.07, 6.45) is -1.98. The molecule has 0 aliphatic carbocycles. The van der Waals surface area contributed by atoms with E-state index in [4.69, 9.17) is 0 Å². The average molecular weight is 454 g/mol. The highest BCUT2D eigenvalue weighted by Crippen LogP contribution is 2.33. The first-order valence-electron chi connectivity index (χ1n) is 10.3. The number of benzene rings is 2. The number of alkyl halides is 3. The predicted octanol–water partition coefficient (Wildman–Crippen LogP) is 4.38. The number of halogens is 3. The Morgan fingerprint density at radius 1 is 1.09 bits per heavy atom. The van der Waals surface area contributed by atoms with Crippen molar-refractivity contribution in [1.29, 1.82) is 0 Å². The maximum absolute atomic E-state index is 13.3. The van der Waals surface area contributed by atoms with E-state index in [1.807, 2.05) is 36.4 Å². The number of aromatic nitrogens is 5. The van der Waals surface area contributed by atoms with Crippen LogP contribution in [0.1, 0.15) is 28.2 Å². The summed E-state index contributed by atoms with van der Waals surface area (Å²) in [6, 6.07) is 16.8. The summed E-state index contributed by atoms with van der Waals surface area (Å²) < 4.78 is 40.8. The molecule has 2 aromatic carbocycles. The molecular weight excluding hydrogens is 433 g/mol. The van der Waals surface area contributed by atoms with E-state index in [9.17, 15) is 18.0 Å². The summed E-state index contributed by atoms with van der Waals surface area (Å²) in [5.41, 5.74) is 1.75. The van der Waals surface area contributed by atoms with Crippen LogP contribution in [0.3, 0.4) is 0 Å². The molecule has 4 aromatic rings. The molecule has 7 nitrogen and oxygen atoms in total. The largest absolute Gasteiger partial charge is 0.418 e. The van der Waals surface area contributed by atoms with Crippen LogP contribution in [0.15, 0.2) is 66.9 Å². The van der Waals surface area contributed by atoms with Crippen molar-refractivity contribution in [2.24, 2.45) is 0 Å². The summed E-state index contributed by atoms with van der Waals surface area (Å²) in [4.78, 5) is 14.1. The van der Waals surface area contributed by atoms with Crippen LogP contribution in [0.4, 0.5) is 13.2 Å². The van der Waals surface area contributed by atoms with E-state index in [1.165, 1.54) is 29.3 Å². The van der Waals surface area contributed by atoms with E-state index >= 15 is 0 Å². The van der Waals surface area contributed by atoms with E-state index in [2.05, 4.69) is 20.5 Å². The number of aromatic amines is 1. The first-order chi connectivity index (χ1) is 15.8. The van der Waals surface area contributed by atoms with Gasteiger partial charge in [-0.05, 0) is 31.0 Å². The quantitative estimate of drug-likeness (QED) is 0.450. The van der Waals surface area contributed by atoms with Crippen molar-refractivity contribution in [3.05, 3.63) is 83.8 Å². The Hall–Kier alpha value is -3.95. The maximum Gasteiger partial charge on any atom is 0.418 e. The number of hydrogen-bond donors (Lipinski definition) is 1. The number of carbonyl (C=O) groups excluding carboxylic acids is 1. The second-order valence-electron chi connectivity index (χ2n) is 7.54. The van der Waals surface area contributed by atoms with Crippen molar-refractivity contribution < 1.29 is 18.0 Å². The molecule has 4 rings (SSSR count). The molecule has 1 N–H and O–H groups in total. The van der Waals surface area contributed by atoms with Crippen molar-refractivity contribution in [2.75, 3.05) is 13.6 Å². The Bertz CT molecular complexity index is 1230. The van der Waals surface area contributed by atoms with E-state index in [0.29, 0.717) is 19.4 Å². The van der Waals surface area contributed by atoms with Gasteiger partial charge in [-0.1, -0.05) is 47.7 Å². The number of nitrogens with one attached hydrogen (secondary N) is 1. The zero-order valence-corrected chi connectivity index (χ0v) is 17.8. The Balaban J connectivity index is 1.36. The van der Waals surface area contributed by atoms with E-state index in [-0.39, 0.29) is 11.4 Å². The number of hydrogen-bond acceptors (Lipinski definition) is 4. The van der Waals surface area contributed by atoms with Crippen molar-refractivity contribution in [3.8, 4) is 16.9 Å². The molecule has 0 unspecified atom stereocenters. The SMILES string of the molecule is CN(CCCc1cc(-c2ccccc2)n[nH]1)C(=O)c1cn(-c2ccccc2C(F)(F)F)nn1. The smallest absolute Gasteiger partial charge is 0.340 e. The van der Waals surface area contributed by atoms with Gasteiger partial charge >= 0.3 is 6.18 Å². The Kier molecular flexibility index (Phi) is 6.25. The van der Waals surface area contributed by atoms with Crippen molar-refractivity contribution >= 4 is 5.91 Å². The lowest BCUT2D eigenvalue weighted by molar-refractivity contribution is -0.137. The number of carbonyl (C=O) groups is 1. The van der Waals surface area contributed by atoms with Gasteiger partial charge in [-0.3, -0.25) is 9.89 Å². The number of nitrogens with zero attached hydrogens (tertiary/aromatic N) is 5. The van der Waals surface area contributed by atoms with Gasteiger partial charge in [-0.2, -0.15) is 18.3 Å². The lowest BCUT2D eigenvalue weighted by Gasteiger charge is -2.15. The fourth-order valence-corrected chi connectivity index (χ4v) is 3.44. The highest BCUT2D eigenvalue weighted by atomic mass is 19.4. The van der Waals surface area contributed by atoms with Gasteiger partial charge in [0, 0.05) is 24.8 Å². The molecule has 2 heterocycles. The molecule has 0 radical (unpaired) electrons. The highest BCUT2D eigenvalue weighted by molar-refractivity contribution is 5.91. The number of rotatable bonds is 7. The van der Waals surface area contributed by atoms with Crippen molar-refractivity contribution in [3.63, 3.8) is 0 Å². The third-order valence-electron chi connectivity index (χ3n) is 5.16. The van der Waals surface area contributed by atoms with E-state index < -0.39 is 17.6 Å². The van der Waals surface area contributed by atoms with Crippen LogP contribution < -0.4 is 0 Å². The fraction of sp³-hybridized carbons (Fsp3) is 0.217. The third-order valence-corrected chi connectivity index (χ3v) is 5.16. The first kappa shape index (κ1) is 22.3. The van der Waals surface area contributed by atoms with Crippen LogP contribution in [-0.4, -0.2) is 49.6 Å². The molecule has 2 aromatic heterocycles. The van der Waals surface area contributed by atoms with Gasteiger partial charge in [0.15, 0.2) is 5.69 Å². The number of H-pyrrole nitrogens is 1. The van der Waals surface area contributed by atoms with Gasteiger partial charge in [0.25, 0.3) is 5.91 Å². The van der Waals surface area contributed by atoms with Gasteiger partial charge in [0.1, 0.15) is 0 Å². The second-order valence-corrected chi connectivity index (χ2v) is 7.54. The molecule has 0 atom stereocenters. The van der Waals surface area contributed by atoms with Crippen LogP contribution in [0, 0.1) is 0 Å². The van der Waals surface area contributed by atoms with Crippen LogP contribution in [0.25, 0.3) is 16.9 Å². The molecule has 33 heavy (non-hydrogen) atoms. The molecule has 0 aliphatic heterocycles. The standard InChI is InChI=1S/C23H21F3N6O/c1-31(13-7-10-17-14-19(28-27-17)16-8-3-2-4-9-16)22(33)20-15-32(30-29-20)21-12-6-5-11-18(21)23(24,25)26/h2-6,8-9,11-12,14-15H,7,10,13H2,1H3,(H,27,28). The average Bonchev–Trinajstić information content (AvgIpc) is 3.49. The summed E-state index contributed by atoms with van der Waals surface area (Å²) in [7, 11) is 1.62. The van der Waals surface area contributed by atoms with Crippen molar-refractivity contribution in [2.45, 2.75) is 19.0 Å². The minimum atomic E-state index is -4.55. The minimum Gasteiger partial charge on any atom is -0.340 e. The Labute approximate surface area is 187 Å². The third kappa shape index (κ3) is 5.11. The number of aryl methyl sites for hydroxylation is 1. The zero-order chi connectivity index (χ0) is 23.4. The minimum absolute atomic E-state index is 0.0256. The molecule has 170 valence electrons. The molecule has 0 saturated heterocycles. The first-order valence-corrected chi connectivity index (χ1v) is 10.3. The van der Waals surface area contributed by atoms with Gasteiger partial charge in [0.05, 0.1) is 23.1 Å². The highest BCUT2D eigenvalue weighted by Gasteiger charge is 2.34. The topological polar surface area (TPSA) is 79.7 Å². The van der Waals surface area contributed by atoms with Gasteiger partial charge in [-0.15, -0.1) is 5.10 Å². The molecule has 0 fully saturated rings. The van der Waals surface area contributed by atoms with Crippen LogP contribution in [0.5, 0.6) is 0 Å². The van der Waals surface area contributed by atoms with Crippen molar-refractivity contribution in [1.82, 2.24) is 30.1 Å². The summed E-state index contributed by atoms with van der Waals surface area (Å²) in [5, 5.41) is 14.8. The molecule has 0 aliphatic rings. The predicted molar refractivity (Wildman–Crippen MR) is 116 cm³/mol. The molecule has 0 spiro atoms. The van der Waals surface area contributed by atoms with Crippen LogP contribution in [0.2, 0.25) is 0 Å². The Morgan fingerprint density at radius 3 is 2.58 bits per heavy atom. The van der Waals surface area contributed by atoms with E-state index in [1.54, 1.807) is 7.05 Å². The summed E-state index contributed by atoms with van der Waals surface area (Å²) >= 11 is 0. The Morgan fingerprint density at radius 2 is 1.82 bits per heavy atom. The van der Waals surface area contributed by atoms with Gasteiger partial charge in [-0.25, -0.2) is 4.68 Å². The lowest BCUT2D eigenvalue weighted by Crippen LogP contribution is -2.28. The van der Waals surface area contributed by atoms with Gasteiger partial charge in [0.2, 0.25) is 0 Å². The second kappa shape index (κ2) is 9.27. The summed E-state index contributed by atoms with van der Waals surface area (Å²) in [6.45, 7) is 0.435. The normalized spacial score (nSPS) is 11.5. The number of amides is 1. The summed E-state index contributed by atoms with van der Waals surface area (Å²) in [5.74, 6) is -0.416. The van der Waals surface area contributed by atoms with Crippen LogP contribution in [-0.2, 0) is 12.6 Å². The molecule has 10 heteroatoms.